The smallest absolute Gasteiger partial charge is 0.0197 e. The Balaban J connectivity index is 1.95. The third-order valence-corrected chi connectivity index (χ3v) is 2.36. The van der Waals surface area contributed by atoms with Crippen molar-refractivity contribution in [1.82, 2.24) is 0 Å². The number of hydrogen-bond donors (Lipinski definition) is 0. The van der Waals surface area contributed by atoms with E-state index in [2.05, 4.69) is 30.3 Å². The zero-order chi connectivity index (χ0) is 7.52. The van der Waals surface area contributed by atoms with Gasteiger partial charge in [-0.25, -0.2) is 0 Å². The maximum Gasteiger partial charge on any atom is -0.0197 e. The Morgan fingerprint density at radius 3 is 2.27 bits per heavy atom. The van der Waals surface area contributed by atoms with Crippen LogP contribution in [0.15, 0.2) is 30.3 Å². The number of benzene rings is 1. The molecule has 0 atom stereocenters. The van der Waals surface area contributed by atoms with Gasteiger partial charge in [0.1, 0.15) is 0 Å². The molecule has 1 aromatic carbocycles. The predicted molar refractivity (Wildman–Crippen MR) is 47.2 cm³/mol. The monoisotopic (exact) mass is 145 g/mol. The number of hydrogen-bond acceptors (Lipinski definition) is 0. The Hall–Kier alpha value is -0.780. The first-order valence-corrected chi connectivity index (χ1v) is 4.32. The van der Waals surface area contributed by atoms with Crippen LogP contribution < -0.4 is 0 Å². The van der Waals surface area contributed by atoms with Crippen molar-refractivity contribution in [2.24, 2.45) is 0 Å². The van der Waals surface area contributed by atoms with Crippen molar-refractivity contribution in [3.63, 3.8) is 0 Å². The molecule has 1 saturated carbocycles. The summed E-state index contributed by atoms with van der Waals surface area (Å²) >= 11 is 0. The van der Waals surface area contributed by atoms with E-state index in [0.717, 1.165) is 0 Å². The standard InChI is InChI=1S/C11H13/c1-2-5-10(6-3-1)9-11-7-4-8-11/h1-3,5-6H,4,7-9H2. The lowest BCUT2D eigenvalue weighted by molar-refractivity contribution is 0.528. The van der Waals surface area contributed by atoms with Crippen LogP contribution >= 0.6 is 0 Å². The van der Waals surface area contributed by atoms with Crippen molar-refractivity contribution in [3.8, 4) is 0 Å². The Bertz CT molecular complexity index is 209. The first kappa shape index (κ1) is 6.90. The van der Waals surface area contributed by atoms with E-state index in [0.29, 0.717) is 0 Å². The van der Waals surface area contributed by atoms with Crippen LogP contribution in [0.4, 0.5) is 0 Å². The van der Waals surface area contributed by atoms with Gasteiger partial charge in [-0.15, -0.1) is 0 Å². The molecule has 0 heterocycles. The molecule has 2 rings (SSSR count). The van der Waals surface area contributed by atoms with Crippen LogP contribution in [-0.4, -0.2) is 0 Å². The van der Waals surface area contributed by atoms with Gasteiger partial charge in [0.25, 0.3) is 0 Å². The summed E-state index contributed by atoms with van der Waals surface area (Å²) < 4.78 is 0. The zero-order valence-electron chi connectivity index (χ0n) is 6.72. The maximum absolute atomic E-state index is 2.21. The lowest BCUT2D eigenvalue weighted by Crippen LogP contribution is -2.10. The molecule has 0 heteroatoms. The fraction of sp³-hybridized carbons (Fsp3) is 0.364. The molecule has 0 aliphatic heterocycles. The Morgan fingerprint density at radius 1 is 1.00 bits per heavy atom. The molecular formula is C11H13. The van der Waals surface area contributed by atoms with E-state index in [-0.39, 0.29) is 0 Å². The molecule has 0 unspecified atom stereocenters. The number of rotatable bonds is 2. The molecule has 1 aliphatic rings. The first-order chi connectivity index (χ1) is 5.45. The molecule has 0 N–H and O–H groups in total. The highest BCUT2D eigenvalue weighted by molar-refractivity contribution is 5.20. The summed E-state index contributed by atoms with van der Waals surface area (Å²) in [7, 11) is 0. The van der Waals surface area contributed by atoms with Gasteiger partial charge in [-0.2, -0.15) is 0 Å². The third kappa shape index (κ3) is 1.62. The SMILES string of the molecule is c1ccc(C[C]2CCC2)cc1. The van der Waals surface area contributed by atoms with Crippen LogP contribution in [0.2, 0.25) is 0 Å². The van der Waals surface area contributed by atoms with Crippen LogP contribution in [0.1, 0.15) is 24.8 Å². The molecule has 0 spiro atoms. The molecule has 0 amide bonds. The average molecular weight is 145 g/mol. The van der Waals surface area contributed by atoms with Crippen LogP contribution in [0.5, 0.6) is 0 Å². The van der Waals surface area contributed by atoms with Crippen LogP contribution in [0, 0.1) is 5.92 Å². The van der Waals surface area contributed by atoms with Gasteiger partial charge < -0.3 is 0 Å². The van der Waals surface area contributed by atoms with Crippen LogP contribution in [0.25, 0.3) is 0 Å². The maximum atomic E-state index is 2.21. The highest BCUT2D eigenvalue weighted by Gasteiger charge is 2.17. The summed E-state index contributed by atoms with van der Waals surface area (Å²) in [6, 6.07) is 10.7. The normalized spacial score (nSPS) is 17.8. The van der Waals surface area contributed by atoms with Crippen molar-refractivity contribution in [1.29, 1.82) is 0 Å². The topological polar surface area (TPSA) is 0 Å². The molecule has 0 nitrogen and oxygen atoms in total. The highest BCUT2D eigenvalue weighted by Crippen LogP contribution is 2.31. The second-order valence-corrected chi connectivity index (χ2v) is 3.27. The highest BCUT2D eigenvalue weighted by atomic mass is 14.2. The molecular weight excluding hydrogens is 132 g/mol. The third-order valence-electron chi connectivity index (χ3n) is 2.36. The molecule has 57 valence electrons. The Kier molecular flexibility index (Phi) is 1.93. The summed E-state index contributed by atoms with van der Waals surface area (Å²) in [6.07, 6.45) is 5.38. The molecule has 0 aromatic heterocycles. The molecule has 11 heavy (non-hydrogen) atoms. The van der Waals surface area contributed by atoms with Crippen molar-refractivity contribution < 1.29 is 0 Å². The summed E-state index contributed by atoms with van der Waals surface area (Å²) in [6.45, 7) is 0. The second kappa shape index (κ2) is 3.08. The summed E-state index contributed by atoms with van der Waals surface area (Å²) in [5, 5.41) is 0. The van der Waals surface area contributed by atoms with Gasteiger partial charge in [0.2, 0.25) is 0 Å². The lowest BCUT2D eigenvalue weighted by Gasteiger charge is -2.24. The van der Waals surface area contributed by atoms with Crippen molar-refractivity contribution in [2.45, 2.75) is 25.7 Å². The van der Waals surface area contributed by atoms with E-state index in [1.807, 2.05) is 0 Å². The summed E-state index contributed by atoms with van der Waals surface area (Å²) in [5.74, 6) is 1.73. The van der Waals surface area contributed by atoms with Crippen molar-refractivity contribution in [2.75, 3.05) is 0 Å². The van der Waals surface area contributed by atoms with Gasteiger partial charge in [0.15, 0.2) is 0 Å². The minimum Gasteiger partial charge on any atom is -0.0622 e. The van der Waals surface area contributed by atoms with Gasteiger partial charge in [0, 0.05) is 0 Å². The summed E-state index contributed by atoms with van der Waals surface area (Å²) in [4.78, 5) is 0. The summed E-state index contributed by atoms with van der Waals surface area (Å²) in [5.41, 5.74) is 1.47. The van der Waals surface area contributed by atoms with Gasteiger partial charge >= 0.3 is 0 Å². The Labute approximate surface area is 68.3 Å². The molecule has 1 radical (unpaired) electrons. The molecule has 1 aromatic rings. The Morgan fingerprint density at radius 2 is 1.73 bits per heavy atom. The average Bonchev–Trinajstić information content (AvgIpc) is 1.99. The largest absolute Gasteiger partial charge is 0.0622 e. The van der Waals surface area contributed by atoms with E-state index in [9.17, 15) is 0 Å². The van der Waals surface area contributed by atoms with E-state index in [4.69, 9.17) is 0 Å². The van der Waals surface area contributed by atoms with Gasteiger partial charge in [-0.3, -0.25) is 0 Å². The first-order valence-electron chi connectivity index (χ1n) is 4.32. The fourth-order valence-corrected chi connectivity index (χ4v) is 1.49. The lowest BCUT2D eigenvalue weighted by atomic mass is 9.81. The van der Waals surface area contributed by atoms with Gasteiger partial charge in [-0.1, -0.05) is 36.8 Å². The van der Waals surface area contributed by atoms with Crippen molar-refractivity contribution in [3.05, 3.63) is 41.8 Å². The van der Waals surface area contributed by atoms with Gasteiger partial charge in [-0.05, 0) is 30.7 Å². The minimum atomic E-state index is 1.22. The van der Waals surface area contributed by atoms with E-state index in [1.54, 1.807) is 5.92 Å². The zero-order valence-corrected chi connectivity index (χ0v) is 6.72. The van der Waals surface area contributed by atoms with E-state index in [1.165, 1.54) is 31.2 Å². The predicted octanol–water partition coefficient (Wildman–Crippen LogP) is 2.99. The molecule has 0 bridgehead atoms. The van der Waals surface area contributed by atoms with Crippen molar-refractivity contribution >= 4 is 0 Å². The fourth-order valence-electron chi connectivity index (χ4n) is 1.49. The van der Waals surface area contributed by atoms with Crippen LogP contribution in [0.3, 0.4) is 0 Å². The van der Waals surface area contributed by atoms with Gasteiger partial charge in [0.05, 0.1) is 0 Å². The molecule has 1 fully saturated rings. The quantitative estimate of drug-likeness (QED) is 0.600. The van der Waals surface area contributed by atoms with Crippen LogP contribution in [-0.2, 0) is 6.42 Å². The van der Waals surface area contributed by atoms with E-state index >= 15 is 0 Å². The van der Waals surface area contributed by atoms with E-state index < -0.39 is 0 Å². The molecule has 1 aliphatic carbocycles. The minimum absolute atomic E-state index is 1.22. The molecule has 0 saturated heterocycles. The second-order valence-electron chi connectivity index (χ2n) is 3.27.